The van der Waals surface area contributed by atoms with E-state index in [0.717, 1.165) is 36.7 Å². The molecule has 0 aliphatic carbocycles. The second-order valence-corrected chi connectivity index (χ2v) is 6.94. The molecule has 3 rings (SSSR count). The minimum absolute atomic E-state index is 0.0289. The molecule has 1 heterocycles. The van der Waals surface area contributed by atoms with E-state index >= 15 is 0 Å². The summed E-state index contributed by atoms with van der Waals surface area (Å²) in [6.45, 7) is 3.91. The van der Waals surface area contributed by atoms with Crippen LogP contribution in [0.15, 0.2) is 36.4 Å². The second kappa shape index (κ2) is 9.52. The van der Waals surface area contributed by atoms with E-state index in [1.165, 1.54) is 4.90 Å². The minimum Gasteiger partial charge on any atom is -0.497 e. The van der Waals surface area contributed by atoms with Gasteiger partial charge in [-0.2, -0.15) is 0 Å². The van der Waals surface area contributed by atoms with Crippen LogP contribution in [-0.2, 0) is 6.54 Å². The van der Waals surface area contributed by atoms with Gasteiger partial charge < -0.3 is 28.7 Å². The van der Waals surface area contributed by atoms with Crippen molar-refractivity contribution in [3.63, 3.8) is 0 Å². The molecule has 0 radical (unpaired) electrons. The van der Waals surface area contributed by atoms with Crippen LogP contribution >= 0.6 is 0 Å². The fourth-order valence-electron chi connectivity index (χ4n) is 3.72. The van der Waals surface area contributed by atoms with Gasteiger partial charge in [-0.15, -0.1) is 0 Å². The van der Waals surface area contributed by atoms with Crippen LogP contribution in [-0.4, -0.2) is 65.4 Å². The fraction of sp³-hybridized carbons (Fsp3) is 0.409. The smallest absolute Gasteiger partial charge is 0.258 e. The Balaban J connectivity index is 1.66. The van der Waals surface area contributed by atoms with Crippen LogP contribution < -0.4 is 23.8 Å². The standard InChI is InChI=1S/C22H28N2O5/c1-26-17-8-9-19(27-2)16(14-17)15-23-10-12-24(13-11-23)22(25)18-6-5-7-20(28-3)21(18)29-4/h5-9,14H,10-13,15H2,1-4H3/p+1. The average Bonchev–Trinajstić information content (AvgIpc) is 2.78. The van der Waals surface area contributed by atoms with Gasteiger partial charge in [0.1, 0.15) is 18.0 Å². The zero-order chi connectivity index (χ0) is 20.8. The van der Waals surface area contributed by atoms with Crippen LogP contribution in [0, 0.1) is 0 Å². The van der Waals surface area contributed by atoms with Crippen molar-refractivity contribution in [2.75, 3.05) is 54.6 Å². The van der Waals surface area contributed by atoms with Crippen molar-refractivity contribution < 1.29 is 28.6 Å². The number of carbonyl (C=O) groups is 1. The summed E-state index contributed by atoms with van der Waals surface area (Å²) >= 11 is 0. The lowest BCUT2D eigenvalue weighted by molar-refractivity contribution is -0.917. The highest BCUT2D eigenvalue weighted by Crippen LogP contribution is 2.31. The fourth-order valence-corrected chi connectivity index (χ4v) is 3.72. The van der Waals surface area contributed by atoms with E-state index in [-0.39, 0.29) is 5.91 Å². The lowest BCUT2D eigenvalue weighted by Gasteiger charge is -2.32. The summed E-state index contributed by atoms with van der Waals surface area (Å²) in [4.78, 5) is 16.3. The maximum absolute atomic E-state index is 13.0. The normalized spacial score (nSPS) is 14.4. The molecule has 29 heavy (non-hydrogen) atoms. The number of benzene rings is 2. The highest BCUT2D eigenvalue weighted by atomic mass is 16.5. The molecular weight excluding hydrogens is 372 g/mol. The Morgan fingerprint density at radius 3 is 2.28 bits per heavy atom. The van der Waals surface area contributed by atoms with E-state index in [0.29, 0.717) is 30.2 Å². The Hall–Kier alpha value is -2.93. The molecule has 1 saturated heterocycles. The van der Waals surface area contributed by atoms with Gasteiger partial charge in [0.05, 0.1) is 65.7 Å². The molecule has 7 nitrogen and oxygen atoms in total. The van der Waals surface area contributed by atoms with E-state index in [9.17, 15) is 4.79 Å². The molecule has 1 aliphatic rings. The Labute approximate surface area is 171 Å². The third kappa shape index (κ3) is 4.56. The van der Waals surface area contributed by atoms with E-state index in [4.69, 9.17) is 18.9 Å². The van der Waals surface area contributed by atoms with E-state index < -0.39 is 0 Å². The number of hydrogen-bond donors (Lipinski definition) is 1. The molecule has 0 bridgehead atoms. The van der Waals surface area contributed by atoms with Gasteiger partial charge in [0.25, 0.3) is 5.91 Å². The predicted octanol–water partition coefficient (Wildman–Crippen LogP) is 1.26. The number of nitrogens with zero attached hydrogens (tertiary/aromatic N) is 1. The summed E-state index contributed by atoms with van der Waals surface area (Å²) in [5.74, 6) is 2.69. The van der Waals surface area contributed by atoms with Gasteiger partial charge in [0, 0.05) is 0 Å². The molecule has 1 N–H and O–H groups in total. The number of carbonyl (C=O) groups excluding carboxylic acids is 1. The van der Waals surface area contributed by atoms with Gasteiger partial charge in [-0.1, -0.05) is 6.07 Å². The van der Waals surface area contributed by atoms with Crippen molar-refractivity contribution >= 4 is 5.91 Å². The third-order valence-corrected chi connectivity index (χ3v) is 5.32. The quantitative estimate of drug-likeness (QED) is 0.757. The van der Waals surface area contributed by atoms with Gasteiger partial charge in [0.15, 0.2) is 11.5 Å². The van der Waals surface area contributed by atoms with Crippen LogP contribution in [0.2, 0.25) is 0 Å². The summed E-state index contributed by atoms with van der Waals surface area (Å²) < 4.78 is 21.6. The molecule has 0 spiro atoms. The van der Waals surface area contributed by atoms with E-state index in [2.05, 4.69) is 0 Å². The number of ether oxygens (including phenoxy) is 4. The number of rotatable bonds is 7. The van der Waals surface area contributed by atoms with Crippen LogP contribution in [0.5, 0.6) is 23.0 Å². The minimum atomic E-state index is -0.0289. The molecule has 2 aromatic rings. The summed E-state index contributed by atoms with van der Waals surface area (Å²) in [5.41, 5.74) is 1.64. The molecular formula is C22H29N2O5+. The molecule has 2 aromatic carbocycles. The highest BCUT2D eigenvalue weighted by Gasteiger charge is 2.28. The number of amides is 1. The topological polar surface area (TPSA) is 61.7 Å². The summed E-state index contributed by atoms with van der Waals surface area (Å²) in [6.07, 6.45) is 0. The molecule has 1 amide bonds. The molecule has 1 fully saturated rings. The van der Waals surface area contributed by atoms with Gasteiger partial charge in [-0.3, -0.25) is 4.79 Å². The number of quaternary nitrogens is 1. The van der Waals surface area contributed by atoms with Crippen molar-refractivity contribution in [2.24, 2.45) is 0 Å². The molecule has 0 unspecified atom stereocenters. The van der Waals surface area contributed by atoms with Crippen molar-refractivity contribution in [2.45, 2.75) is 6.54 Å². The van der Waals surface area contributed by atoms with Crippen LogP contribution in [0.3, 0.4) is 0 Å². The largest absolute Gasteiger partial charge is 0.497 e. The number of piperazine rings is 1. The van der Waals surface area contributed by atoms with Crippen LogP contribution in [0.1, 0.15) is 15.9 Å². The summed E-state index contributed by atoms with van der Waals surface area (Å²) in [6, 6.07) is 11.2. The monoisotopic (exact) mass is 401 g/mol. The zero-order valence-corrected chi connectivity index (χ0v) is 17.5. The maximum atomic E-state index is 13.0. The number of hydrogen-bond acceptors (Lipinski definition) is 5. The SMILES string of the molecule is COc1ccc(OC)c(C[NH+]2CCN(C(=O)c3cccc(OC)c3OC)CC2)c1. The van der Waals surface area contributed by atoms with Crippen molar-refractivity contribution in [1.29, 1.82) is 0 Å². The Morgan fingerprint density at radius 2 is 1.66 bits per heavy atom. The van der Waals surface area contributed by atoms with Crippen LogP contribution in [0.4, 0.5) is 0 Å². The lowest BCUT2D eigenvalue weighted by Crippen LogP contribution is -3.13. The first-order valence-corrected chi connectivity index (χ1v) is 9.66. The van der Waals surface area contributed by atoms with E-state index in [1.54, 1.807) is 40.6 Å². The summed E-state index contributed by atoms with van der Waals surface area (Å²) in [7, 11) is 6.47. The molecule has 156 valence electrons. The lowest BCUT2D eigenvalue weighted by atomic mass is 10.1. The van der Waals surface area contributed by atoms with Gasteiger partial charge >= 0.3 is 0 Å². The van der Waals surface area contributed by atoms with Crippen LogP contribution in [0.25, 0.3) is 0 Å². The van der Waals surface area contributed by atoms with Crippen molar-refractivity contribution in [3.05, 3.63) is 47.5 Å². The molecule has 1 aliphatic heterocycles. The third-order valence-electron chi connectivity index (χ3n) is 5.32. The molecule has 7 heteroatoms. The molecule has 0 saturated carbocycles. The highest BCUT2D eigenvalue weighted by molar-refractivity contribution is 5.97. The zero-order valence-electron chi connectivity index (χ0n) is 17.5. The first-order chi connectivity index (χ1) is 14.1. The first-order valence-electron chi connectivity index (χ1n) is 9.66. The number of methoxy groups -OCH3 is 4. The Kier molecular flexibility index (Phi) is 6.82. The van der Waals surface area contributed by atoms with Crippen molar-refractivity contribution in [1.82, 2.24) is 4.90 Å². The second-order valence-electron chi connectivity index (χ2n) is 6.94. The predicted molar refractivity (Wildman–Crippen MR) is 109 cm³/mol. The molecule has 0 aromatic heterocycles. The van der Waals surface area contributed by atoms with E-state index in [1.807, 2.05) is 29.2 Å². The number of para-hydroxylation sites is 1. The Bertz CT molecular complexity index is 847. The maximum Gasteiger partial charge on any atom is 0.258 e. The first kappa shape index (κ1) is 20.8. The number of nitrogens with one attached hydrogen (secondary N) is 1. The average molecular weight is 401 g/mol. The van der Waals surface area contributed by atoms with Gasteiger partial charge in [0.2, 0.25) is 0 Å². The summed E-state index contributed by atoms with van der Waals surface area (Å²) in [5, 5.41) is 0. The van der Waals surface area contributed by atoms with Crippen molar-refractivity contribution in [3.8, 4) is 23.0 Å². The van der Waals surface area contributed by atoms with Gasteiger partial charge in [-0.25, -0.2) is 0 Å². The Morgan fingerprint density at radius 1 is 0.931 bits per heavy atom. The molecule has 0 atom stereocenters. The van der Waals surface area contributed by atoms with Gasteiger partial charge in [-0.05, 0) is 30.3 Å².